The summed E-state index contributed by atoms with van der Waals surface area (Å²) in [5.74, 6) is -0.203. The normalized spacial score (nSPS) is 15.1. The first-order valence-electron chi connectivity index (χ1n) is 8.43. The lowest BCUT2D eigenvalue weighted by molar-refractivity contribution is -0.120. The summed E-state index contributed by atoms with van der Waals surface area (Å²) in [7, 11) is -3.46. The summed E-state index contributed by atoms with van der Waals surface area (Å²) >= 11 is 0. The number of amides is 1. The summed E-state index contributed by atoms with van der Waals surface area (Å²) in [6, 6.07) is 15.5. The number of carbonyl (C=O) groups excluding carboxylic acids is 1. The van der Waals surface area contributed by atoms with E-state index in [0.717, 1.165) is 25.9 Å². The lowest BCUT2D eigenvalue weighted by Crippen LogP contribution is -2.34. The van der Waals surface area contributed by atoms with Gasteiger partial charge in [0, 0.05) is 11.6 Å². The third kappa shape index (κ3) is 5.06. The summed E-state index contributed by atoms with van der Waals surface area (Å²) in [4.78, 5) is 12.8. The van der Waals surface area contributed by atoms with Crippen molar-refractivity contribution >= 4 is 33.8 Å². The van der Waals surface area contributed by atoms with Gasteiger partial charge in [0.25, 0.3) is 0 Å². The van der Waals surface area contributed by atoms with E-state index in [1.807, 2.05) is 0 Å². The molecule has 1 amide bonds. The van der Waals surface area contributed by atoms with Crippen LogP contribution in [0.5, 0.6) is 0 Å². The number of piperidine rings is 1. The van der Waals surface area contributed by atoms with Gasteiger partial charge in [0.05, 0.1) is 10.6 Å². The topological polar surface area (TPSA) is 75.3 Å². The Kier molecular flexibility index (Phi) is 7.20. The van der Waals surface area contributed by atoms with Crippen molar-refractivity contribution in [3.05, 3.63) is 60.2 Å². The van der Waals surface area contributed by atoms with Crippen molar-refractivity contribution in [2.45, 2.75) is 23.5 Å². The fourth-order valence-electron chi connectivity index (χ4n) is 3.00. The second kappa shape index (κ2) is 9.16. The lowest BCUT2D eigenvalue weighted by atomic mass is 9.97. The molecule has 1 fully saturated rings. The van der Waals surface area contributed by atoms with E-state index in [9.17, 15) is 13.2 Å². The number of halogens is 1. The Bertz CT molecular complexity index is 835. The van der Waals surface area contributed by atoms with Crippen molar-refractivity contribution in [1.82, 2.24) is 5.32 Å². The molecule has 0 aliphatic carbocycles. The number of para-hydroxylation sites is 1. The molecule has 1 aliphatic heterocycles. The number of carbonyl (C=O) groups is 1. The summed E-state index contributed by atoms with van der Waals surface area (Å²) in [5.41, 5.74) is 1.18. The molecule has 0 spiro atoms. The number of sulfone groups is 1. The van der Waals surface area contributed by atoms with Crippen molar-refractivity contribution < 1.29 is 13.2 Å². The van der Waals surface area contributed by atoms with Crippen LogP contribution >= 0.6 is 12.4 Å². The molecule has 1 heterocycles. The summed E-state index contributed by atoms with van der Waals surface area (Å²) < 4.78 is 25.2. The third-order valence-corrected chi connectivity index (χ3v) is 6.11. The van der Waals surface area contributed by atoms with Crippen molar-refractivity contribution in [3.63, 3.8) is 0 Å². The molecule has 1 aliphatic rings. The average molecular weight is 395 g/mol. The van der Waals surface area contributed by atoms with Crippen LogP contribution in [0.3, 0.4) is 0 Å². The van der Waals surface area contributed by atoms with Gasteiger partial charge in [-0.15, -0.1) is 12.4 Å². The highest BCUT2D eigenvalue weighted by Crippen LogP contribution is 2.23. The second-order valence-electron chi connectivity index (χ2n) is 6.24. The van der Waals surface area contributed by atoms with Gasteiger partial charge in [0.15, 0.2) is 9.84 Å². The predicted octanol–water partition coefficient (Wildman–Crippen LogP) is 3.02. The zero-order valence-electron chi connectivity index (χ0n) is 14.4. The first kappa shape index (κ1) is 20.4. The first-order valence-corrected chi connectivity index (χ1v) is 10.1. The Morgan fingerprint density at radius 1 is 1.00 bits per heavy atom. The molecule has 0 aromatic heterocycles. The smallest absolute Gasteiger partial charge is 0.227 e. The van der Waals surface area contributed by atoms with Gasteiger partial charge in [0.1, 0.15) is 0 Å². The molecule has 0 unspecified atom stereocenters. The minimum Gasteiger partial charge on any atom is -0.326 e. The Hall–Kier alpha value is -1.89. The molecule has 0 bridgehead atoms. The van der Waals surface area contributed by atoms with Crippen molar-refractivity contribution in [3.8, 4) is 0 Å². The minimum absolute atomic E-state index is 0. The number of hydrogen-bond donors (Lipinski definition) is 2. The number of rotatable bonds is 5. The fourth-order valence-corrected chi connectivity index (χ4v) is 4.40. The van der Waals surface area contributed by atoms with Crippen LogP contribution in [0.25, 0.3) is 0 Å². The molecule has 3 rings (SSSR count). The van der Waals surface area contributed by atoms with Crippen molar-refractivity contribution in [2.75, 3.05) is 18.4 Å². The van der Waals surface area contributed by atoms with Crippen LogP contribution in [0, 0.1) is 5.92 Å². The van der Waals surface area contributed by atoms with E-state index in [1.54, 1.807) is 54.6 Å². The predicted molar refractivity (Wildman–Crippen MR) is 105 cm³/mol. The molecule has 0 atom stereocenters. The standard InChI is InChI=1S/C19H22N2O3S.ClH/c22-19(15-10-12-20-13-11-15)21-18-9-5-4-6-16(18)14-25(23,24)17-7-2-1-3-8-17;/h1-9,15,20H,10-14H2,(H,21,22);1H. The van der Waals surface area contributed by atoms with E-state index in [-0.39, 0.29) is 34.9 Å². The van der Waals surface area contributed by atoms with Crippen LogP contribution in [0.15, 0.2) is 59.5 Å². The zero-order chi connectivity index (χ0) is 17.7. The first-order chi connectivity index (χ1) is 12.1. The molecule has 0 saturated carbocycles. The molecular weight excluding hydrogens is 372 g/mol. The Labute approximate surface area is 160 Å². The average Bonchev–Trinajstić information content (AvgIpc) is 2.64. The third-order valence-electron chi connectivity index (χ3n) is 4.43. The monoisotopic (exact) mass is 394 g/mol. The van der Waals surface area contributed by atoms with Crippen molar-refractivity contribution in [2.24, 2.45) is 5.92 Å². The van der Waals surface area contributed by atoms with Crippen LogP contribution in [0.1, 0.15) is 18.4 Å². The van der Waals surface area contributed by atoms with Crippen LogP contribution in [-0.4, -0.2) is 27.4 Å². The number of nitrogens with one attached hydrogen (secondary N) is 2. The van der Waals surface area contributed by atoms with Gasteiger partial charge in [-0.3, -0.25) is 4.79 Å². The zero-order valence-corrected chi connectivity index (χ0v) is 16.0. The minimum atomic E-state index is -3.46. The molecule has 5 nitrogen and oxygen atoms in total. The number of hydrogen-bond acceptors (Lipinski definition) is 4. The molecule has 2 aromatic carbocycles. The van der Waals surface area contributed by atoms with Gasteiger partial charge in [-0.25, -0.2) is 8.42 Å². The second-order valence-corrected chi connectivity index (χ2v) is 8.23. The van der Waals surface area contributed by atoms with Crippen LogP contribution in [-0.2, 0) is 20.4 Å². The van der Waals surface area contributed by atoms with Gasteiger partial charge >= 0.3 is 0 Å². The van der Waals surface area contributed by atoms with Crippen LogP contribution < -0.4 is 10.6 Å². The summed E-state index contributed by atoms with van der Waals surface area (Å²) in [6.45, 7) is 1.67. The van der Waals surface area contributed by atoms with E-state index in [2.05, 4.69) is 10.6 Å². The number of benzene rings is 2. The largest absolute Gasteiger partial charge is 0.326 e. The van der Waals surface area contributed by atoms with Gasteiger partial charge < -0.3 is 10.6 Å². The Morgan fingerprint density at radius 3 is 2.31 bits per heavy atom. The molecule has 7 heteroatoms. The summed E-state index contributed by atoms with van der Waals surface area (Å²) in [6.07, 6.45) is 1.60. The molecule has 26 heavy (non-hydrogen) atoms. The highest BCUT2D eigenvalue weighted by molar-refractivity contribution is 7.90. The fraction of sp³-hybridized carbons (Fsp3) is 0.316. The lowest BCUT2D eigenvalue weighted by Gasteiger charge is -2.22. The SMILES string of the molecule is Cl.O=C(Nc1ccccc1CS(=O)(=O)c1ccccc1)C1CCNCC1. The Balaban J connectivity index is 0.00000243. The van der Waals surface area contributed by atoms with Crippen molar-refractivity contribution in [1.29, 1.82) is 0 Å². The van der Waals surface area contributed by atoms with E-state index in [1.165, 1.54) is 0 Å². The molecule has 140 valence electrons. The number of anilines is 1. The maximum absolute atomic E-state index is 12.6. The maximum Gasteiger partial charge on any atom is 0.227 e. The van der Waals surface area contributed by atoms with Gasteiger partial charge in [-0.2, -0.15) is 0 Å². The molecular formula is C19H23ClN2O3S. The van der Waals surface area contributed by atoms with E-state index in [0.29, 0.717) is 11.3 Å². The van der Waals surface area contributed by atoms with Crippen LogP contribution in [0.2, 0.25) is 0 Å². The van der Waals surface area contributed by atoms with E-state index >= 15 is 0 Å². The molecule has 2 aromatic rings. The molecule has 2 N–H and O–H groups in total. The van der Waals surface area contributed by atoms with Gasteiger partial charge in [0.2, 0.25) is 5.91 Å². The van der Waals surface area contributed by atoms with E-state index in [4.69, 9.17) is 0 Å². The van der Waals surface area contributed by atoms with Gasteiger partial charge in [-0.05, 0) is 49.7 Å². The Morgan fingerprint density at radius 2 is 1.62 bits per heavy atom. The maximum atomic E-state index is 12.6. The summed E-state index contributed by atoms with van der Waals surface area (Å²) in [5, 5.41) is 6.16. The van der Waals surface area contributed by atoms with E-state index < -0.39 is 9.84 Å². The van der Waals surface area contributed by atoms with Crippen LogP contribution in [0.4, 0.5) is 5.69 Å². The highest BCUT2D eigenvalue weighted by Gasteiger charge is 2.23. The quantitative estimate of drug-likeness (QED) is 0.817. The molecule has 0 radical (unpaired) electrons. The molecule has 1 saturated heterocycles. The van der Waals surface area contributed by atoms with Gasteiger partial charge in [-0.1, -0.05) is 36.4 Å². The highest BCUT2D eigenvalue weighted by atomic mass is 35.5.